The maximum absolute atomic E-state index is 12.3. The summed E-state index contributed by atoms with van der Waals surface area (Å²) in [5.41, 5.74) is 2.12. The Kier molecular flexibility index (Phi) is 7.21. The van der Waals surface area contributed by atoms with Crippen molar-refractivity contribution < 1.29 is 19.2 Å². The van der Waals surface area contributed by atoms with Gasteiger partial charge in [-0.25, -0.2) is 9.59 Å². The zero-order valence-electron chi connectivity index (χ0n) is 16.3. The topological polar surface area (TPSA) is 103 Å². The van der Waals surface area contributed by atoms with Crippen molar-refractivity contribution in [1.29, 1.82) is 0 Å². The van der Waals surface area contributed by atoms with Crippen molar-refractivity contribution in [1.82, 2.24) is 15.3 Å². The largest absolute Gasteiger partial charge is 0.445 e. The van der Waals surface area contributed by atoms with Crippen molar-refractivity contribution >= 4 is 17.8 Å². The highest BCUT2D eigenvalue weighted by atomic mass is 16.7. The number of carbonyl (C=O) groups is 2. The molecule has 152 valence electrons. The van der Waals surface area contributed by atoms with Gasteiger partial charge in [-0.1, -0.05) is 47.6 Å². The molecule has 0 radical (unpaired) electrons. The Hall–Kier alpha value is -4.07. The second-order valence-electron chi connectivity index (χ2n) is 6.21. The number of benzene rings is 1. The maximum Gasteiger partial charge on any atom is 0.408 e. The van der Waals surface area contributed by atoms with Crippen LogP contribution in [-0.2, 0) is 21.0 Å². The number of pyridine rings is 2. The highest BCUT2D eigenvalue weighted by Gasteiger charge is 2.19. The average molecular weight is 404 g/mol. The van der Waals surface area contributed by atoms with E-state index in [1.807, 2.05) is 30.3 Å². The van der Waals surface area contributed by atoms with E-state index in [9.17, 15) is 9.59 Å². The van der Waals surface area contributed by atoms with Gasteiger partial charge in [0.2, 0.25) is 0 Å². The number of rotatable bonds is 7. The standard InChI is InChI=1S/C22H20N4O4/c1-16(25-22(28)29-15-17-9-3-2-4-10-17)21(27)30-26-20(18-11-5-7-13-23-18)19-12-6-8-14-24-19/h2-14,16H,15H2,1H3,(H,25,28)/t16-/m0/s1. The zero-order valence-corrected chi connectivity index (χ0v) is 16.3. The van der Waals surface area contributed by atoms with Gasteiger partial charge in [-0.2, -0.15) is 0 Å². The molecule has 0 aliphatic rings. The molecule has 8 heteroatoms. The van der Waals surface area contributed by atoms with Crippen LogP contribution >= 0.6 is 0 Å². The smallest absolute Gasteiger partial charge is 0.408 e. The van der Waals surface area contributed by atoms with Gasteiger partial charge < -0.3 is 14.9 Å². The fourth-order valence-corrected chi connectivity index (χ4v) is 2.40. The normalized spacial score (nSPS) is 11.1. The summed E-state index contributed by atoms with van der Waals surface area (Å²) >= 11 is 0. The lowest BCUT2D eigenvalue weighted by molar-refractivity contribution is -0.145. The van der Waals surface area contributed by atoms with Gasteiger partial charge in [0.05, 0.1) is 11.4 Å². The SMILES string of the molecule is C[C@H](NC(=O)OCc1ccccc1)C(=O)ON=C(c1ccccn1)c1ccccn1. The molecule has 3 rings (SSSR count). The Bertz CT molecular complexity index is 954. The summed E-state index contributed by atoms with van der Waals surface area (Å²) in [6.45, 7) is 1.57. The van der Waals surface area contributed by atoms with Gasteiger partial charge in [0.15, 0.2) is 5.71 Å². The number of hydrogen-bond acceptors (Lipinski definition) is 7. The second-order valence-corrected chi connectivity index (χ2v) is 6.21. The van der Waals surface area contributed by atoms with E-state index in [1.54, 1.807) is 48.8 Å². The van der Waals surface area contributed by atoms with E-state index in [1.165, 1.54) is 6.92 Å². The molecule has 0 fully saturated rings. The quantitative estimate of drug-likeness (QED) is 0.369. The number of aromatic nitrogens is 2. The van der Waals surface area contributed by atoms with Crippen LogP contribution in [0.4, 0.5) is 4.79 Å². The average Bonchev–Trinajstić information content (AvgIpc) is 2.80. The van der Waals surface area contributed by atoms with E-state index in [0.717, 1.165) is 5.56 Å². The van der Waals surface area contributed by atoms with Crippen LogP contribution in [0.2, 0.25) is 0 Å². The highest BCUT2D eigenvalue weighted by molar-refractivity contribution is 6.10. The number of ether oxygens (including phenoxy) is 1. The van der Waals surface area contributed by atoms with Gasteiger partial charge in [-0.15, -0.1) is 0 Å². The molecule has 1 N–H and O–H groups in total. The first-order valence-corrected chi connectivity index (χ1v) is 9.22. The molecule has 1 atom stereocenters. The molecule has 0 spiro atoms. The summed E-state index contributed by atoms with van der Waals surface area (Å²) < 4.78 is 5.10. The van der Waals surface area contributed by atoms with Crippen LogP contribution in [0, 0.1) is 0 Å². The van der Waals surface area contributed by atoms with Gasteiger partial charge in [0.25, 0.3) is 0 Å². The van der Waals surface area contributed by atoms with Gasteiger partial charge in [-0.05, 0) is 36.8 Å². The fourth-order valence-electron chi connectivity index (χ4n) is 2.40. The van der Waals surface area contributed by atoms with E-state index in [-0.39, 0.29) is 6.61 Å². The zero-order chi connectivity index (χ0) is 21.2. The number of nitrogens with one attached hydrogen (secondary N) is 1. The van der Waals surface area contributed by atoms with Crippen molar-refractivity contribution in [2.75, 3.05) is 0 Å². The van der Waals surface area contributed by atoms with Crippen LogP contribution in [-0.4, -0.2) is 33.8 Å². The molecule has 1 aromatic carbocycles. The van der Waals surface area contributed by atoms with Gasteiger partial charge >= 0.3 is 12.1 Å². The molecule has 0 saturated heterocycles. The molecule has 0 saturated carbocycles. The third-order valence-electron chi connectivity index (χ3n) is 3.94. The van der Waals surface area contributed by atoms with Crippen molar-refractivity contribution in [2.45, 2.75) is 19.6 Å². The summed E-state index contributed by atoms with van der Waals surface area (Å²) in [7, 11) is 0. The minimum Gasteiger partial charge on any atom is -0.445 e. The molecule has 30 heavy (non-hydrogen) atoms. The number of alkyl carbamates (subject to hydrolysis) is 1. The van der Waals surface area contributed by atoms with Crippen LogP contribution < -0.4 is 5.32 Å². The Morgan fingerprint density at radius 1 is 0.933 bits per heavy atom. The lowest BCUT2D eigenvalue weighted by Gasteiger charge is -2.12. The van der Waals surface area contributed by atoms with Crippen molar-refractivity contribution in [2.24, 2.45) is 5.16 Å². The van der Waals surface area contributed by atoms with Crippen LogP contribution in [0.25, 0.3) is 0 Å². The number of amides is 1. The molecular formula is C22H20N4O4. The molecule has 2 aromatic heterocycles. The summed E-state index contributed by atoms with van der Waals surface area (Å²) in [6.07, 6.45) is 2.47. The Balaban J connectivity index is 1.61. The van der Waals surface area contributed by atoms with Crippen molar-refractivity contribution in [3.8, 4) is 0 Å². The van der Waals surface area contributed by atoms with Crippen molar-refractivity contribution in [3.05, 3.63) is 96.1 Å². The van der Waals surface area contributed by atoms with Crippen LogP contribution in [0.15, 0.2) is 84.3 Å². The molecule has 0 unspecified atom stereocenters. The fraction of sp³-hybridized carbons (Fsp3) is 0.136. The molecule has 0 bridgehead atoms. The lowest BCUT2D eigenvalue weighted by atomic mass is 10.1. The molecular weight excluding hydrogens is 384 g/mol. The number of carbonyl (C=O) groups excluding carboxylic acids is 2. The molecule has 3 aromatic rings. The van der Waals surface area contributed by atoms with Crippen molar-refractivity contribution in [3.63, 3.8) is 0 Å². The number of oxime groups is 1. The van der Waals surface area contributed by atoms with Gasteiger partial charge in [0.1, 0.15) is 12.6 Å². The van der Waals surface area contributed by atoms with Gasteiger partial charge in [-0.3, -0.25) is 9.97 Å². The number of nitrogens with zero attached hydrogens (tertiary/aromatic N) is 3. The minimum atomic E-state index is -0.967. The first-order valence-electron chi connectivity index (χ1n) is 9.22. The van der Waals surface area contributed by atoms with E-state index in [4.69, 9.17) is 9.57 Å². The molecule has 1 amide bonds. The van der Waals surface area contributed by atoms with Crippen LogP contribution in [0.5, 0.6) is 0 Å². The predicted octanol–water partition coefficient (Wildman–Crippen LogP) is 3.09. The second kappa shape index (κ2) is 10.5. The monoisotopic (exact) mass is 404 g/mol. The van der Waals surface area contributed by atoms with Crippen LogP contribution in [0.3, 0.4) is 0 Å². The van der Waals surface area contributed by atoms with E-state index < -0.39 is 18.1 Å². The number of hydrogen-bond donors (Lipinski definition) is 1. The van der Waals surface area contributed by atoms with Crippen LogP contribution in [0.1, 0.15) is 23.9 Å². The van der Waals surface area contributed by atoms with Gasteiger partial charge in [0, 0.05) is 12.4 Å². The minimum absolute atomic E-state index is 0.0933. The Morgan fingerprint density at radius 3 is 2.10 bits per heavy atom. The van der Waals surface area contributed by atoms with E-state index in [0.29, 0.717) is 17.1 Å². The molecule has 0 aliphatic carbocycles. The Labute approximate surface area is 173 Å². The summed E-state index contributed by atoms with van der Waals surface area (Å²) in [5, 5.41) is 6.35. The van der Waals surface area contributed by atoms with E-state index in [2.05, 4.69) is 20.4 Å². The predicted molar refractivity (Wildman–Crippen MR) is 109 cm³/mol. The third-order valence-corrected chi connectivity index (χ3v) is 3.94. The Morgan fingerprint density at radius 2 is 1.53 bits per heavy atom. The first kappa shape index (κ1) is 20.7. The summed E-state index contributed by atoms with van der Waals surface area (Å²) in [5.74, 6) is -0.754. The molecule has 0 aliphatic heterocycles. The third kappa shape index (κ3) is 5.96. The summed E-state index contributed by atoms with van der Waals surface area (Å²) in [6, 6.07) is 18.8. The highest BCUT2D eigenvalue weighted by Crippen LogP contribution is 2.07. The molecule has 8 nitrogen and oxygen atoms in total. The molecule has 2 heterocycles. The lowest BCUT2D eigenvalue weighted by Crippen LogP contribution is -2.39. The summed E-state index contributed by atoms with van der Waals surface area (Å²) in [4.78, 5) is 37.7. The van der Waals surface area contributed by atoms with E-state index >= 15 is 0 Å². The first-order chi connectivity index (χ1) is 14.6. The maximum atomic E-state index is 12.3.